The highest BCUT2D eigenvalue weighted by molar-refractivity contribution is 5.90. The van der Waals surface area contributed by atoms with Crippen molar-refractivity contribution in [2.24, 2.45) is 11.8 Å². The molecular weight excluding hydrogens is 496 g/mol. The monoisotopic (exact) mass is 524 g/mol. The van der Waals surface area contributed by atoms with Gasteiger partial charge in [0.15, 0.2) is 34.5 Å². The molecule has 3 aromatic rings. The van der Waals surface area contributed by atoms with Gasteiger partial charge in [-0.05, 0) is 42.5 Å². The van der Waals surface area contributed by atoms with Crippen LogP contribution < -0.4 is 23.7 Å². The van der Waals surface area contributed by atoms with E-state index in [1.165, 1.54) is 39.5 Å². The number of para-hydroxylation sites is 4. The van der Waals surface area contributed by atoms with Crippen LogP contribution in [-0.4, -0.2) is 57.9 Å². The number of esters is 2. The highest BCUT2D eigenvalue weighted by Crippen LogP contribution is 2.35. The van der Waals surface area contributed by atoms with Crippen LogP contribution in [0, 0.1) is 11.8 Å². The zero-order chi connectivity index (χ0) is 27.1. The largest absolute Gasteiger partial charge is 0.504 e. The molecule has 38 heavy (non-hydrogen) atoms. The molecule has 0 amide bonds. The summed E-state index contributed by atoms with van der Waals surface area (Å²) in [7, 11) is 4.37. The molecule has 10 nitrogen and oxygen atoms in total. The minimum atomic E-state index is -1.25. The van der Waals surface area contributed by atoms with Crippen molar-refractivity contribution in [3.05, 3.63) is 72.3 Å². The highest BCUT2D eigenvalue weighted by atomic mass is 16.7. The molecule has 200 valence electrons. The third-order valence-corrected chi connectivity index (χ3v) is 6.03. The van der Waals surface area contributed by atoms with Crippen molar-refractivity contribution in [1.29, 1.82) is 0 Å². The van der Waals surface area contributed by atoms with Crippen molar-refractivity contribution in [3.63, 3.8) is 0 Å². The molecule has 0 aromatic heterocycles. The Hall–Kier alpha value is -4.60. The molecule has 0 aliphatic carbocycles. The average Bonchev–Trinajstić information content (AvgIpc) is 3.31. The number of phenols is 1. The molecule has 4 rings (SSSR count). The minimum Gasteiger partial charge on any atom is -0.504 e. The standard InChI is InChI=1S/C28H28O10/c1-32-21-8-4-6-10-23(21)35-15-18-19(16-36-27(18)31)28(37-24-11-7-5-9-22(24)33-2)38-26(30)17-12-13-20(29)25(14-17)34-3/h4-14,18-19,28-29H,15-16H2,1-3H3/t18-,19-,28-/m0/s1. The van der Waals surface area contributed by atoms with Crippen LogP contribution in [-0.2, 0) is 14.3 Å². The van der Waals surface area contributed by atoms with E-state index in [1.807, 2.05) is 0 Å². The number of hydrogen-bond acceptors (Lipinski definition) is 10. The van der Waals surface area contributed by atoms with Gasteiger partial charge in [-0.25, -0.2) is 4.79 Å². The molecule has 10 heteroatoms. The summed E-state index contributed by atoms with van der Waals surface area (Å²) in [6, 6.07) is 17.9. The van der Waals surface area contributed by atoms with Crippen LogP contribution >= 0.6 is 0 Å². The Morgan fingerprint density at radius 1 is 0.895 bits per heavy atom. The number of carbonyl (C=O) groups is 2. The summed E-state index contributed by atoms with van der Waals surface area (Å²) in [4.78, 5) is 25.9. The van der Waals surface area contributed by atoms with Crippen LogP contribution in [0.15, 0.2) is 66.7 Å². The molecule has 0 radical (unpaired) electrons. The predicted molar refractivity (Wildman–Crippen MR) is 134 cm³/mol. The Bertz CT molecular complexity index is 1270. The second-order valence-corrected chi connectivity index (χ2v) is 8.29. The van der Waals surface area contributed by atoms with Crippen LogP contribution in [0.25, 0.3) is 0 Å². The van der Waals surface area contributed by atoms with Crippen molar-refractivity contribution in [1.82, 2.24) is 0 Å². The van der Waals surface area contributed by atoms with Gasteiger partial charge in [0.05, 0.1) is 32.8 Å². The Morgan fingerprint density at radius 3 is 2.16 bits per heavy atom. The van der Waals surface area contributed by atoms with E-state index in [2.05, 4.69) is 0 Å². The van der Waals surface area contributed by atoms with Crippen LogP contribution in [0.5, 0.6) is 34.5 Å². The number of phenolic OH excluding ortho intramolecular Hbond substituents is 1. The summed E-state index contributed by atoms with van der Waals surface area (Å²) < 4.78 is 38.9. The number of hydrogen-bond donors (Lipinski definition) is 1. The first-order chi connectivity index (χ1) is 18.4. The highest BCUT2D eigenvalue weighted by Gasteiger charge is 2.46. The lowest BCUT2D eigenvalue weighted by atomic mass is 9.95. The van der Waals surface area contributed by atoms with Gasteiger partial charge in [-0.2, -0.15) is 0 Å². The van der Waals surface area contributed by atoms with E-state index in [1.54, 1.807) is 48.5 Å². The lowest BCUT2D eigenvalue weighted by molar-refractivity contribution is -0.142. The maximum atomic E-state index is 13.1. The molecule has 3 aromatic carbocycles. The fourth-order valence-electron chi connectivity index (χ4n) is 3.97. The maximum absolute atomic E-state index is 13.1. The smallest absolute Gasteiger partial charge is 0.341 e. The summed E-state index contributed by atoms with van der Waals surface area (Å²) in [5.41, 5.74) is 0.111. The zero-order valence-corrected chi connectivity index (χ0v) is 21.1. The summed E-state index contributed by atoms with van der Waals surface area (Å²) in [5.74, 6) is -1.17. The normalized spacial score (nSPS) is 17.2. The van der Waals surface area contributed by atoms with Gasteiger partial charge in [-0.15, -0.1) is 0 Å². The molecule has 1 heterocycles. The molecule has 1 N–H and O–H groups in total. The fourth-order valence-corrected chi connectivity index (χ4v) is 3.97. The molecule has 0 bridgehead atoms. The molecule has 1 saturated heterocycles. The zero-order valence-electron chi connectivity index (χ0n) is 21.1. The number of carbonyl (C=O) groups excluding carboxylic acids is 2. The summed E-state index contributed by atoms with van der Waals surface area (Å²) in [5, 5.41) is 9.89. The predicted octanol–water partition coefficient (Wildman–Crippen LogP) is 3.85. The van der Waals surface area contributed by atoms with Crippen LogP contribution in [0.1, 0.15) is 10.4 Å². The maximum Gasteiger partial charge on any atom is 0.341 e. The molecular formula is C28H28O10. The Kier molecular flexibility index (Phi) is 8.42. The van der Waals surface area contributed by atoms with Crippen LogP contribution in [0.3, 0.4) is 0 Å². The Labute approximate surface area is 219 Å². The van der Waals surface area contributed by atoms with E-state index >= 15 is 0 Å². The van der Waals surface area contributed by atoms with Crippen molar-refractivity contribution >= 4 is 11.9 Å². The van der Waals surface area contributed by atoms with Gasteiger partial charge in [0, 0.05) is 0 Å². The van der Waals surface area contributed by atoms with Crippen molar-refractivity contribution in [2.45, 2.75) is 6.29 Å². The third kappa shape index (κ3) is 5.86. The summed E-state index contributed by atoms with van der Waals surface area (Å²) in [6.07, 6.45) is -1.25. The Balaban J connectivity index is 1.61. The lowest BCUT2D eigenvalue weighted by Crippen LogP contribution is -2.39. The van der Waals surface area contributed by atoms with Crippen molar-refractivity contribution in [3.8, 4) is 34.5 Å². The number of ether oxygens (including phenoxy) is 7. The fraction of sp³-hybridized carbons (Fsp3) is 0.286. The second kappa shape index (κ2) is 12.1. The van der Waals surface area contributed by atoms with Gasteiger partial charge in [0.2, 0.25) is 0 Å². The molecule has 1 fully saturated rings. The van der Waals surface area contributed by atoms with Gasteiger partial charge < -0.3 is 38.3 Å². The molecule has 0 spiro atoms. The van der Waals surface area contributed by atoms with Crippen LogP contribution in [0.4, 0.5) is 0 Å². The number of methoxy groups -OCH3 is 3. The second-order valence-electron chi connectivity index (χ2n) is 8.29. The lowest BCUT2D eigenvalue weighted by Gasteiger charge is -2.27. The molecule has 0 saturated carbocycles. The number of benzene rings is 3. The Morgan fingerprint density at radius 2 is 1.50 bits per heavy atom. The molecule has 1 aliphatic rings. The van der Waals surface area contributed by atoms with Crippen molar-refractivity contribution in [2.75, 3.05) is 34.5 Å². The van der Waals surface area contributed by atoms with E-state index in [-0.39, 0.29) is 30.3 Å². The van der Waals surface area contributed by atoms with E-state index in [0.29, 0.717) is 23.0 Å². The van der Waals surface area contributed by atoms with Gasteiger partial charge >= 0.3 is 11.9 Å². The van der Waals surface area contributed by atoms with Crippen molar-refractivity contribution < 1.29 is 47.9 Å². The van der Waals surface area contributed by atoms with Gasteiger partial charge in [-0.1, -0.05) is 24.3 Å². The summed E-state index contributed by atoms with van der Waals surface area (Å²) >= 11 is 0. The van der Waals surface area contributed by atoms with E-state index in [4.69, 9.17) is 33.2 Å². The first-order valence-electron chi connectivity index (χ1n) is 11.7. The number of rotatable bonds is 11. The van der Waals surface area contributed by atoms with E-state index in [9.17, 15) is 14.7 Å². The minimum absolute atomic E-state index is 0.0647. The third-order valence-electron chi connectivity index (χ3n) is 6.03. The first kappa shape index (κ1) is 26.5. The topological polar surface area (TPSA) is 119 Å². The van der Waals surface area contributed by atoms with Crippen LogP contribution in [0.2, 0.25) is 0 Å². The van der Waals surface area contributed by atoms with Gasteiger partial charge in [0.25, 0.3) is 6.29 Å². The SMILES string of the molecule is COc1cc(C(=O)O[C@H](Oc2ccccc2OC)[C@H]2COC(=O)[C@H]2COc2ccccc2OC)ccc1O. The average molecular weight is 525 g/mol. The number of cyclic esters (lactones) is 1. The molecule has 0 unspecified atom stereocenters. The summed E-state index contributed by atoms with van der Waals surface area (Å²) in [6.45, 7) is -0.134. The van der Waals surface area contributed by atoms with Gasteiger partial charge in [0.1, 0.15) is 19.1 Å². The first-order valence-corrected chi connectivity index (χ1v) is 11.7. The molecule has 1 aliphatic heterocycles. The number of aromatic hydroxyl groups is 1. The van der Waals surface area contributed by atoms with E-state index in [0.717, 1.165) is 0 Å². The van der Waals surface area contributed by atoms with Gasteiger partial charge in [-0.3, -0.25) is 4.79 Å². The quantitative estimate of drug-likeness (QED) is 0.293. The molecule has 3 atom stereocenters. The van der Waals surface area contributed by atoms with E-state index < -0.39 is 30.1 Å².